The van der Waals surface area contributed by atoms with E-state index in [2.05, 4.69) is 0 Å². The zero-order chi connectivity index (χ0) is 12.0. The van der Waals surface area contributed by atoms with Gasteiger partial charge in [-0.15, -0.1) is 0 Å². The first-order valence-corrected chi connectivity index (χ1v) is 4.65. The zero-order valence-electron chi connectivity index (χ0n) is 8.94. The summed E-state index contributed by atoms with van der Waals surface area (Å²) in [7, 11) is 0. The van der Waals surface area contributed by atoms with Crippen LogP contribution in [0.3, 0.4) is 0 Å². The van der Waals surface area contributed by atoms with Gasteiger partial charge in [-0.1, -0.05) is 48.5 Å². The molecule has 0 aliphatic heterocycles. The SMILES string of the molecule is [NH-]c1ccccc1[NH-].[NH-]c1ccccc1[NH-].[Ni]. The zero-order valence-corrected chi connectivity index (χ0v) is 9.92. The molecule has 2 rings (SSSR count). The molecule has 4 N–H and O–H groups in total. The van der Waals surface area contributed by atoms with Gasteiger partial charge < -0.3 is 22.9 Å². The van der Waals surface area contributed by atoms with E-state index in [1.54, 1.807) is 48.5 Å². The molecule has 0 aliphatic rings. The minimum Gasteiger partial charge on any atom is -0.700 e. The minimum absolute atomic E-state index is 0. The molecule has 0 radical (unpaired) electrons. The van der Waals surface area contributed by atoms with E-state index in [0.29, 0.717) is 0 Å². The maximum atomic E-state index is 7.03. The number of rotatable bonds is 0. The van der Waals surface area contributed by atoms with E-state index in [0.717, 1.165) is 0 Å². The van der Waals surface area contributed by atoms with Gasteiger partial charge in [0.1, 0.15) is 0 Å². The van der Waals surface area contributed by atoms with E-state index in [1.807, 2.05) is 0 Å². The van der Waals surface area contributed by atoms with Crippen LogP contribution in [0.1, 0.15) is 0 Å². The molecule has 0 saturated heterocycles. The van der Waals surface area contributed by atoms with Gasteiger partial charge in [-0.25, -0.2) is 0 Å². The predicted molar refractivity (Wildman–Crippen MR) is 68.8 cm³/mol. The third kappa shape index (κ3) is 5.13. The summed E-state index contributed by atoms with van der Waals surface area (Å²) < 4.78 is 0. The van der Waals surface area contributed by atoms with Crippen LogP contribution in [0.5, 0.6) is 0 Å². The van der Waals surface area contributed by atoms with Gasteiger partial charge in [0, 0.05) is 16.5 Å². The Balaban J connectivity index is 0.000000284. The Hall–Kier alpha value is -1.87. The van der Waals surface area contributed by atoms with E-state index in [1.165, 1.54) is 0 Å². The van der Waals surface area contributed by atoms with Crippen molar-refractivity contribution in [2.24, 2.45) is 0 Å². The van der Waals surface area contributed by atoms with Crippen molar-refractivity contribution in [2.75, 3.05) is 0 Å². The van der Waals surface area contributed by atoms with Crippen LogP contribution in [0.15, 0.2) is 48.5 Å². The fraction of sp³-hybridized carbons (Fsp3) is 0. The quantitative estimate of drug-likeness (QED) is 0.517. The summed E-state index contributed by atoms with van der Waals surface area (Å²) in [5.74, 6) is 0. The number of benzene rings is 2. The molecule has 94 valence electrons. The van der Waals surface area contributed by atoms with Crippen LogP contribution in [0.2, 0.25) is 0 Å². The van der Waals surface area contributed by atoms with Crippen LogP contribution in [-0.2, 0) is 16.5 Å². The monoisotopic (exact) mass is 270 g/mol. The second-order valence-corrected chi connectivity index (χ2v) is 3.09. The summed E-state index contributed by atoms with van der Waals surface area (Å²) in [4.78, 5) is 0. The molecule has 0 heterocycles. The van der Waals surface area contributed by atoms with Crippen molar-refractivity contribution in [3.8, 4) is 0 Å². The minimum atomic E-state index is 0. The molecule has 0 unspecified atom stereocenters. The van der Waals surface area contributed by atoms with Crippen LogP contribution < -0.4 is 0 Å². The molecule has 0 bridgehead atoms. The molecule has 2 aromatic carbocycles. The van der Waals surface area contributed by atoms with E-state index in [-0.39, 0.29) is 39.2 Å². The first-order valence-electron chi connectivity index (χ1n) is 4.65. The van der Waals surface area contributed by atoms with Crippen LogP contribution in [0, 0.1) is 0 Å². The molecule has 0 spiro atoms. The number of nitrogens with one attached hydrogen (secondary N) is 4. The topological polar surface area (TPSA) is 95.2 Å². The second kappa shape index (κ2) is 7.41. The summed E-state index contributed by atoms with van der Waals surface area (Å²) in [6.45, 7) is 0. The summed E-state index contributed by atoms with van der Waals surface area (Å²) >= 11 is 0. The molecule has 0 aliphatic carbocycles. The van der Waals surface area contributed by atoms with Gasteiger partial charge in [-0.3, -0.25) is 0 Å². The maximum Gasteiger partial charge on any atom is 0 e. The average Bonchev–Trinajstić information content (AvgIpc) is 2.28. The second-order valence-electron chi connectivity index (χ2n) is 3.09. The Morgan fingerprint density at radius 3 is 0.765 bits per heavy atom. The third-order valence-electron chi connectivity index (χ3n) is 1.85. The van der Waals surface area contributed by atoms with Crippen molar-refractivity contribution in [3.05, 3.63) is 71.5 Å². The van der Waals surface area contributed by atoms with Crippen LogP contribution in [0.4, 0.5) is 22.7 Å². The normalized spacial score (nSPS) is 8.47. The molecule has 2 aromatic rings. The van der Waals surface area contributed by atoms with Gasteiger partial charge in [0.15, 0.2) is 0 Å². The van der Waals surface area contributed by atoms with Gasteiger partial charge in [0.25, 0.3) is 0 Å². The number of hydrogen-bond acceptors (Lipinski definition) is 0. The van der Waals surface area contributed by atoms with Gasteiger partial charge in [-0.2, -0.15) is 22.7 Å². The molecular formula is C12H12N4Ni-4. The molecule has 0 fully saturated rings. The van der Waals surface area contributed by atoms with Crippen LogP contribution in [-0.4, -0.2) is 0 Å². The van der Waals surface area contributed by atoms with Gasteiger partial charge >= 0.3 is 0 Å². The standard InChI is InChI=1S/2C6H6N2.Ni/c2*7-5-3-1-2-4-6(5)8;/h2*1-4,7-8H;/q2*-2;. The summed E-state index contributed by atoms with van der Waals surface area (Å²) in [6.07, 6.45) is 0. The van der Waals surface area contributed by atoms with Crippen molar-refractivity contribution in [2.45, 2.75) is 0 Å². The smallest absolute Gasteiger partial charge is 0 e. The molecule has 4 nitrogen and oxygen atoms in total. The fourth-order valence-corrected chi connectivity index (χ4v) is 0.966. The summed E-state index contributed by atoms with van der Waals surface area (Å²) in [5.41, 5.74) is 29.3. The van der Waals surface area contributed by atoms with Crippen LogP contribution >= 0.6 is 0 Å². The fourth-order valence-electron chi connectivity index (χ4n) is 0.966. The summed E-state index contributed by atoms with van der Waals surface area (Å²) in [6, 6.07) is 13.4. The van der Waals surface area contributed by atoms with E-state index >= 15 is 0 Å². The Kier molecular flexibility index (Phi) is 6.60. The Morgan fingerprint density at radius 2 is 0.647 bits per heavy atom. The Labute approximate surface area is 111 Å². The van der Waals surface area contributed by atoms with Gasteiger partial charge in [-0.05, 0) is 0 Å². The number of hydrogen-bond donors (Lipinski definition) is 0. The van der Waals surface area contributed by atoms with Crippen LogP contribution in [0.25, 0.3) is 22.9 Å². The molecule has 0 atom stereocenters. The van der Waals surface area contributed by atoms with E-state index in [9.17, 15) is 0 Å². The first-order chi connectivity index (χ1) is 7.61. The molecule has 17 heavy (non-hydrogen) atoms. The molecule has 0 aromatic heterocycles. The average molecular weight is 271 g/mol. The van der Waals surface area contributed by atoms with Crippen molar-refractivity contribution >= 4 is 22.7 Å². The van der Waals surface area contributed by atoms with Crippen molar-refractivity contribution in [3.63, 3.8) is 0 Å². The Bertz CT molecular complexity index is 374. The maximum absolute atomic E-state index is 7.03. The molecule has 0 amide bonds. The Morgan fingerprint density at radius 1 is 0.471 bits per heavy atom. The van der Waals surface area contributed by atoms with E-state index in [4.69, 9.17) is 22.9 Å². The van der Waals surface area contributed by atoms with Gasteiger partial charge in [0.05, 0.1) is 0 Å². The molecular weight excluding hydrogens is 259 g/mol. The third-order valence-corrected chi connectivity index (χ3v) is 1.85. The van der Waals surface area contributed by atoms with Crippen molar-refractivity contribution in [1.29, 1.82) is 0 Å². The molecule has 0 saturated carbocycles. The van der Waals surface area contributed by atoms with Crippen molar-refractivity contribution < 1.29 is 16.5 Å². The largest absolute Gasteiger partial charge is 0.700 e. The van der Waals surface area contributed by atoms with Gasteiger partial charge in [0.2, 0.25) is 0 Å². The molecule has 5 heteroatoms. The van der Waals surface area contributed by atoms with E-state index < -0.39 is 0 Å². The van der Waals surface area contributed by atoms with Crippen molar-refractivity contribution in [1.82, 2.24) is 0 Å². The first kappa shape index (κ1) is 15.1. The summed E-state index contributed by atoms with van der Waals surface area (Å²) in [5, 5.41) is 0. The predicted octanol–water partition coefficient (Wildman–Crippen LogP) is 6.11.